The molecule has 1 N–H and O–H groups in total. The van der Waals surface area contributed by atoms with Crippen molar-refractivity contribution < 1.29 is 4.79 Å². The number of amides is 1. The van der Waals surface area contributed by atoms with Gasteiger partial charge in [-0.25, -0.2) is 4.68 Å². The minimum absolute atomic E-state index is 0.0986. The molecule has 0 aromatic carbocycles. The summed E-state index contributed by atoms with van der Waals surface area (Å²) in [5.74, 6) is 1.30. The Morgan fingerprint density at radius 1 is 1.23 bits per heavy atom. The average Bonchev–Trinajstić information content (AvgIpc) is 3.04. The number of hydrogen-bond acceptors (Lipinski definition) is 6. The Labute approximate surface area is 179 Å². The minimum atomic E-state index is -0.293. The predicted molar refractivity (Wildman–Crippen MR) is 117 cm³/mol. The summed E-state index contributed by atoms with van der Waals surface area (Å²) >= 11 is 1.71. The Morgan fingerprint density at radius 3 is 2.97 bits per heavy atom. The lowest BCUT2D eigenvalue weighted by molar-refractivity contribution is -0.122. The minimum Gasteiger partial charge on any atom is -0.344 e. The summed E-state index contributed by atoms with van der Waals surface area (Å²) < 4.78 is 3.17. The molecule has 8 nitrogen and oxygen atoms in total. The first kappa shape index (κ1) is 20.6. The van der Waals surface area contributed by atoms with Gasteiger partial charge in [-0.2, -0.15) is 16.9 Å². The zero-order valence-electron chi connectivity index (χ0n) is 17.1. The van der Waals surface area contributed by atoms with E-state index in [0.717, 1.165) is 61.2 Å². The largest absolute Gasteiger partial charge is 0.344 e. The molecule has 1 atom stereocenters. The first-order valence-corrected chi connectivity index (χ1v) is 11.7. The average molecular weight is 427 g/mol. The van der Waals surface area contributed by atoms with Gasteiger partial charge in [-0.05, 0) is 61.8 Å². The third kappa shape index (κ3) is 4.56. The first-order valence-electron chi connectivity index (χ1n) is 10.3. The number of aromatic nitrogens is 5. The Kier molecular flexibility index (Phi) is 6.47. The number of pyridine rings is 1. The number of rotatable bonds is 7. The van der Waals surface area contributed by atoms with Crippen LogP contribution in [0.5, 0.6) is 0 Å². The summed E-state index contributed by atoms with van der Waals surface area (Å²) in [6.45, 7) is -0.0986. The van der Waals surface area contributed by atoms with E-state index in [-0.39, 0.29) is 24.1 Å². The predicted octanol–water partition coefficient (Wildman–Crippen LogP) is 2.17. The molecule has 1 aliphatic carbocycles. The highest BCUT2D eigenvalue weighted by Crippen LogP contribution is 2.19. The zero-order valence-corrected chi connectivity index (χ0v) is 17.9. The molecule has 158 valence electrons. The highest BCUT2D eigenvalue weighted by molar-refractivity contribution is 7.98. The van der Waals surface area contributed by atoms with Crippen LogP contribution >= 0.6 is 11.8 Å². The molecule has 4 rings (SSSR count). The van der Waals surface area contributed by atoms with Gasteiger partial charge in [-0.15, -0.1) is 10.2 Å². The second kappa shape index (κ2) is 9.42. The maximum absolute atomic E-state index is 12.8. The second-order valence-electron chi connectivity index (χ2n) is 7.56. The molecule has 1 unspecified atom stereocenters. The molecular formula is C21H26N6O2S. The maximum atomic E-state index is 12.8. The van der Waals surface area contributed by atoms with E-state index >= 15 is 0 Å². The summed E-state index contributed by atoms with van der Waals surface area (Å²) in [6, 6.07) is 7.05. The number of nitrogens with zero attached hydrogens (tertiary/aromatic N) is 5. The molecule has 0 saturated carbocycles. The van der Waals surface area contributed by atoms with Crippen LogP contribution in [0.3, 0.4) is 0 Å². The molecule has 3 heterocycles. The Balaban J connectivity index is 1.53. The molecule has 0 bridgehead atoms. The fourth-order valence-corrected chi connectivity index (χ4v) is 4.34. The van der Waals surface area contributed by atoms with Gasteiger partial charge in [0, 0.05) is 12.3 Å². The smallest absolute Gasteiger partial charge is 0.267 e. The molecule has 9 heteroatoms. The number of thioether (sulfide) groups is 1. The van der Waals surface area contributed by atoms with Crippen LogP contribution in [0.4, 0.5) is 0 Å². The van der Waals surface area contributed by atoms with Crippen molar-refractivity contribution in [1.29, 1.82) is 0 Å². The standard InChI is InChI=1S/C21H26N6O2S/c1-30-12-10-17(21-24-23-18-9-5-6-11-26(18)21)22-19(28)14-27-20(29)13-15-7-3-2-4-8-16(15)25-27/h5-6,9,11,13,17H,2-4,7-8,10,12,14H2,1H3,(H,22,28). The lowest BCUT2D eigenvalue weighted by atomic mass is 10.1. The van der Waals surface area contributed by atoms with Gasteiger partial charge in [0.25, 0.3) is 5.56 Å². The fraction of sp³-hybridized carbons (Fsp3) is 0.476. The van der Waals surface area contributed by atoms with Crippen LogP contribution in [-0.2, 0) is 24.2 Å². The number of carbonyl (C=O) groups excluding carboxylic acids is 1. The van der Waals surface area contributed by atoms with E-state index in [4.69, 9.17) is 0 Å². The van der Waals surface area contributed by atoms with Gasteiger partial charge >= 0.3 is 0 Å². The van der Waals surface area contributed by atoms with Gasteiger partial charge in [0.1, 0.15) is 6.54 Å². The Bertz CT molecular complexity index is 1090. The van der Waals surface area contributed by atoms with E-state index < -0.39 is 0 Å². The van der Waals surface area contributed by atoms with Crippen molar-refractivity contribution in [2.75, 3.05) is 12.0 Å². The fourth-order valence-electron chi connectivity index (χ4n) is 3.87. The van der Waals surface area contributed by atoms with Crippen molar-refractivity contribution in [3.63, 3.8) is 0 Å². The molecule has 1 aliphatic rings. The normalized spacial score (nSPS) is 14.8. The van der Waals surface area contributed by atoms with Gasteiger partial charge in [0.05, 0.1) is 11.7 Å². The van der Waals surface area contributed by atoms with Crippen molar-refractivity contribution in [2.24, 2.45) is 0 Å². The van der Waals surface area contributed by atoms with Crippen LogP contribution in [0.25, 0.3) is 5.65 Å². The Hall–Kier alpha value is -2.68. The van der Waals surface area contributed by atoms with Gasteiger partial charge in [0.15, 0.2) is 11.5 Å². The van der Waals surface area contributed by atoms with Crippen LogP contribution in [0.15, 0.2) is 35.3 Å². The van der Waals surface area contributed by atoms with E-state index in [9.17, 15) is 9.59 Å². The summed E-state index contributed by atoms with van der Waals surface area (Å²) in [5.41, 5.74) is 2.49. The quantitative estimate of drug-likeness (QED) is 0.582. The summed E-state index contributed by atoms with van der Waals surface area (Å²) in [4.78, 5) is 25.3. The van der Waals surface area contributed by atoms with Crippen molar-refractivity contribution in [1.82, 2.24) is 29.7 Å². The zero-order chi connectivity index (χ0) is 20.9. The van der Waals surface area contributed by atoms with Gasteiger partial charge in [-0.3, -0.25) is 14.0 Å². The molecule has 0 spiro atoms. The number of carbonyl (C=O) groups is 1. The second-order valence-corrected chi connectivity index (χ2v) is 8.55. The van der Waals surface area contributed by atoms with Crippen LogP contribution in [0, 0.1) is 0 Å². The van der Waals surface area contributed by atoms with E-state index in [1.807, 2.05) is 35.1 Å². The molecule has 0 fully saturated rings. The van der Waals surface area contributed by atoms with Gasteiger partial charge < -0.3 is 5.32 Å². The Morgan fingerprint density at radius 2 is 2.10 bits per heavy atom. The van der Waals surface area contributed by atoms with Crippen molar-refractivity contribution in [3.05, 3.63) is 57.9 Å². The van der Waals surface area contributed by atoms with E-state index in [1.165, 1.54) is 4.68 Å². The monoisotopic (exact) mass is 426 g/mol. The number of nitrogens with one attached hydrogen (secondary N) is 1. The highest BCUT2D eigenvalue weighted by atomic mass is 32.2. The van der Waals surface area contributed by atoms with Crippen molar-refractivity contribution >= 4 is 23.3 Å². The molecule has 30 heavy (non-hydrogen) atoms. The lowest BCUT2D eigenvalue weighted by Gasteiger charge is -2.17. The van der Waals surface area contributed by atoms with Crippen LogP contribution in [-0.4, -0.2) is 42.3 Å². The molecule has 1 amide bonds. The summed E-state index contributed by atoms with van der Waals surface area (Å²) in [7, 11) is 0. The molecule has 0 aliphatic heterocycles. The maximum Gasteiger partial charge on any atom is 0.267 e. The summed E-state index contributed by atoms with van der Waals surface area (Å²) in [5, 5.41) is 16.0. The van der Waals surface area contributed by atoms with Crippen molar-refractivity contribution in [3.8, 4) is 0 Å². The lowest BCUT2D eigenvalue weighted by Crippen LogP contribution is -2.37. The third-order valence-electron chi connectivity index (χ3n) is 5.41. The molecule has 0 saturated heterocycles. The van der Waals surface area contributed by atoms with Gasteiger partial charge in [0.2, 0.25) is 5.91 Å². The van der Waals surface area contributed by atoms with E-state index in [0.29, 0.717) is 5.82 Å². The molecule has 0 radical (unpaired) electrons. The van der Waals surface area contributed by atoms with Crippen LogP contribution in [0.2, 0.25) is 0 Å². The number of fused-ring (bicyclic) bond motifs is 2. The molecule has 3 aromatic rings. The molecule has 3 aromatic heterocycles. The van der Waals surface area contributed by atoms with Crippen LogP contribution < -0.4 is 10.9 Å². The number of aryl methyl sites for hydroxylation is 2. The SMILES string of the molecule is CSCCC(NC(=O)Cn1nc2c(cc1=O)CCCCC2)c1nnc2ccccn12. The van der Waals surface area contributed by atoms with E-state index in [1.54, 1.807) is 17.8 Å². The topological polar surface area (TPSA) is 94.2 Å². The van der Waals surface area contributed by atoms with Crippen LogP contribution in [0.1, 0.15) is 48.8 Å². The van der Waals surface area contributed by atoms with Crippen molar-refractivity contribution in [2.45, 2.75) is 51.1 Å². The third-order valence-corrected chi connectivity index (χ3v) is 6.06. The van der Waals surface area contributed by atoms with Gasteiger partial charge in [-0.1, -0.05) is 12.5 Å². The number of hydrogen-bond donors (Lipinski definition) is 1. The highest BCUT2D eigenvalue weighted by Gasteiger charge is 2.21. The summed E-state index contributed by atoms with van der Waals surface area (Å²) in [6.07, 6.45) is 9.69. The molecular weight excluding hydrogens is 400 g/mol. The first-order chi connectivity index (χ1) is 14.7. The van der Waals surface area contributed by atoms with E-state index in [2.05, 4.69) is 20.6 Å².